The van der Waals surface area contributed by atoms with Gasteiger partial charge < -0.3 is 9.84 Å². The van der Waals surface area contributed by atoms with Crippen molar-refractivity contribution in [1.29, 1.82) is 0 Å². The highest BCUT2D eigenvalue weighted by Crippen LogP contribution is 2.11. The first-order valence-corrected chi connectivity index (χ1v) is 4.63. The Morgan fingerprint density at radius 2 is 2.25 bits per heavy atom. The fraction of sp³-hybridized carbons (Fsp3) is 1.00. The summed E-state index contributed by atoms with van der Waals surface area (Å²) in [4.78, 5) is 2.28. The molecule has 1 N–H and O–H groups in total. The first kappa shape index (κ1) is 9.96. The van der Waals surface area contributed by atoms with E-state index < -0.39 is 0 Å². The van der Waals surface area contributed by atoms with Gasteiger partial charge in [-0.15, -0.1) is 0 Å². The van der Waals surface area contributed by atoms with Crippen molar-refractivity contribution in [1.82, 2.24) is 4.90 Å². The zero-order valence-corrected chi connectivity index (χ0v) is 8.16. The summed E-state index contributed by atoms with van der Waals surface area (Å²) in [7, 11) is 0. The highest BCUT2D eigenvalue weighted by atomic mass is 16.5. The number of β-amino-alcohol motifs (C(OH)–C–C–N with tert-alkyl or cyclic N) is 1. The molecule has 2 unspecified atom stereocenters. The third kappa shape index (κ3) is 2.73. The molecule has 0 bridgehead atoms. The van der Waals surface area contributed by atoms with Gasteiger partial charge in [0.25, 0.3) is 0 Å². The number of rotatable bonds is 2. The summed E-state index contributed by atoms with van der Waals surface area (Å²) in [5, 5.41) is 9.23. The summed E-state index contributed by atoms with van der Waals surface area (Å²) in [5.41, 5.74) is 0. The Hall–Kier alpha value is -0.120. The standard InChI is InChI=1S/C9H19NO2/c1-7-6-12-9(3)5-10(7)4-8(2)11/h7-9,11H,4-6H2,1-3H3/t7?,8-,9?/m1/s1. The number of ether oxygens (including phenoxy) is 1. The van der Waals surface area contributed by atoms with Gasteiger partial charge in [-0.3, -0.25) is 4.90 Å². The molecule has 0 saturated carbocycles. The Kier molecular flexibility index (Phi) is 3.50. The second kappa shape index (κ2) is 4.21. The summed E-state index contributed by atoms with van der Waals surface area (Å²) in [5.74, 6) is 0. The maximum absolute atomic E-state index is 9.23. The molecule has 0 aliphatic carbocycles. The van der Waals surface area contributed by atoms with Gasteiger partial charge in [0.2, 0.25) is 0 Å². The van der Waals surface area contributed by atoms with Crippen LogP contribution in [-0.4, -0.2) is 48.0 Å². The molecule has 1 aliphatic rings. The number of aliphatic hydroxyl groups is 1. The molecule has 0 radical (unpaired) electrons. The van der Waals surface area contributed by atoms with Gasteiger partial charge in [0.15, 0.2) is 0 Å². The zero-order chi connectivity index (χ0) is 9.14. The summed E-state index contributed by atoms with van der Waals surface area (Å²) >= 11 is 0. The Labute approximate surface area is 74.3 Å². The Bertz CT molecular complexity index is 136. The molecule has 3 heteroatoms. The van der Waals surface area contributed by atoms with Gasteiger partial charge in [-0.1, -0.05) is 0 Å². The van der Waals surface area contributed by atoms with E-state index in [4.69, 9.17) is 4.74 Å². The second-order valence-corrected chi connectivity index (χ2v) is 3.80. The Morgan fingerprint density at radius 1 is 1.58 bits per heavy atom. The summed E-state index contributed by atoms with van der Waals surface area (Å²) in [6, 6.07) is 0.441. The number of hydrogen-bond acceptors (Lipinski definition) is 3. The molecule has 0 spiro atoms. The highest BCUT2D eigenvalue weighted by Gasteiger charge is 2.23. The maximum Gasteiger partial charge on any atom is 0.0674 e. The average molecular weight is 173 g/mol. The molecule has 1 fully saturated rings. The molecule has 1 saturated heterocycles. The molecule has 0 amide bonds. The van der Waals surface area contributed by atoms with E-state index in [-0.39, 0.29) is 6.10 Å². The normalized spacial score (nSPS) is 35.0. The van der Waals surface area contributed by atoms with Crippen molar-refractivity contribution in [3.63, 3.8) is 0 Å². The van der Waals surface area contributed by atoms with E-state index in [0.29, 0.717) is 12.1 Å². The van der Waals surface area contributed by atoms with E-state index in [2.05, 4.69) is 18.7 Å². The zero-order valence-electron chi connectivity index (χ0n) is 8.16. The first-order valence-electron chi connectivity index (χ1n) is 4.63. The second-order valence-electron chi connectivity index (χ2n) is 3.80. The van der Waals surface area contributed by atoms with E-state index in [1.807, 2.05) is 6.92 Å². The number of hydrogen-bond donors (Lipinski definition) is 1. The molecule has 1 heterocycles. The van der Waals surface area contributed by atoms with Gasteiger partial charge in [0.1, 0.15) is 0 Å². The van der Waals surface area contributed by atoms with Gasteiger partial charge >= 0.3 is 0 Å². The van der Waals surface area contributed by atoms with Crippen molar-refractivity contribution in [2.24, 2.45) is 0 Å². The van der Waals surface area contributed by atoms with Crippen LogP contribution in [0.15, 0.2) is 0 Å². The van der Waals surface area contributed by atoms with Crippen LogP contribution in [-0.2, 0) is 4.74 Å². The van der Waals surface area contributed by atoms with Crippen molar-refractivity contribution in [2.45, 2.75) is 39.0 Å². The quantitative estimate of drug-likeness (QED) is 0.659. The monoisotopic (exact) mass is 173 g/mol. The van der Waals surface area contributed by atoms with Crippen LogP contribution in [0.25, 0.3) is 0 Å². The molecular weight excluding hydrogens is 154 g/mol. The van der Waals surface area contributed by atoms with Crippen LogP contribution in [0, 0.1) is 0 Å². The molecular formula is C9H19NO2. The average Bonchev–Trinajstić information content (AvgIpc) is 1.96. The van der Waals surface area contributed by atoms with Gasteiger partial charge in [-0.25, -0.2) is 0 Å². The third-order valence-electron chi connectivity index (χ3n) is 2.24. The van der Waals surface area contributed by atoms with E-state index in [9.17, 15) is 5.11 Å². The van der Waals surface area contributed by atoms with E-state index >= 15 is 0 Å². The Balaban J connectivity index is 2.38. The molecule has 0 aromatic carbocycles. The third-order valence-corrected chi connectivity index (χ3v) is 2.24. The van der Waals surface area contributed by atoms with Crippen molar-refractivity contribution in [2.75, 3.05) is 19.7 Å². The lowest BCUT2D eigenvalue weighted by Crippen LogP contribution is -2.49. The van der Waals surface area contributed by atoms with Crippen LogP contribution < -0.4 is 0 Å². The topological polar surface area (TPSA) is 32.7 Å². The number of aliphatic hydroxyl groups excluding tert-OH is 1. The molecule has 72 valence electrons. The van der Waals surface area contributed by atoms with Gasteiger partial charge in [-0.05, 0) is 20.8 Å². The van der Waals surface area contributed by atoms with Crippen molar-refractivity contribution in [3.8, 4) is 0 Å². The first-order chi connectivity index (χ1) is 5.59. The SMILES string of the molecule is CC1CN(C[C@@H](C)O)C(C)CO1. The molecule has 3 atom stereocenters. The molecule has 1 rings (SSSR count). The molecule has 0 aromatic rings. The molecule has 12 heavy (non-hydrogen) atoms. The molecule has 1 aliphatic heterocycles. The summed E-state index contributed by atoms with van der Waals surface area (Å²) in [6.07, 6.45) is 0.0673. The van der Waals surface area contributed by atoms with Crippen LogP contribution in [0.2, 0.25) is 0 Å². The van der Waals surface area contributed by atoms with Gasteiger partial charge in [0.05, 0.1) is 18.8 Å². The lowest BCUT2D eigenvalue weighted by atomic mass is 10.2. The fourth-order valence-corrected chi connectivity index (χ4v) is 1.57. The van der Waals surface area contributed by atoms with E-state index in [1.54, 1.807) is 0 Å². The van der Waals surface area contributed by atoms with Crippen molar-refractivity contribution in [3.05, 3.63) is 0 Å². The summed E-state index contributed by atoms with van der Waals surface area (Å²) in [6.45, 7) is 8.51. The predicted molar refractivity (Wildman–Crippen MR) is 48.1 cm³/mol. The molecule has 3 nitrogen and oxygen atoms in total. The minimum Gasteiger partial charge on any atom is -0.392 e. The van der Waals surface area contributed by atoms with Crippen LogP contribution in [0.5, 0.6) is 0 Å². The highest BCUT2D eigenvalue weighted by molar-refractivity contribution is 4.76. The fourth-order valence-electron chi connectivity index (χ4n) is 1.57. The summed E-state index contributed by atoms with van der Waals surface area (Å²) < 4.78 is 5.48. The predicted octanol–water partition coefficient (Wildman–Crippen LogP) is 0.476. The Morgan fingerprint density at radius 3 is 2.83 bits per heavy atom. The lowest BCUT2D eigenvalue weighted by Gasteiger charge is -2.37. The van der Waals surface area contributed by atoms with Crippen LogP contribution >= 0.6 is 0 Å². The maximum atomic E-state index is 9.23. The lowest BCUT2D eigenvalue weighted by molar-refractivity contribution is -0.0599. The van der Waals surface area contributed by atoms with Crippen LogP contribution in [0.3, 0.4) is 0 Å². The van der Waals surface area contributed by atoms with Gasteiger partial charge in [0, 0.05) is 19.1 Å². The van der Waals surface area contributed by atoms with E-state index in [1.165, 1.54) is 0 Å². The van der Waals surface area contributed by atoms with E-state index in [0.717, 1.165) is 19.7 Å². The smallest absolute Gasteiger partial charge is 0.0674 e. The largest absolute Gasteiger partial charge is 0.392 e. The number of nitrogens with zero attached hydrogens (tertiary/aromatic N) is 1. The molecule has 0 aromatic heterocycles. The van der Waals surface area contributed by atoms with Crippen molar-refractivity contribution >= 4 is 0 Å². The van der Waals surface area contributed by atoms with Crippen molar-refractivity contribution < 1.29 is 9.84 Å². The minimum absolute atomic E-state index is 0.238. The van der Waals surface area contributed by atoms with Gasteiger partial charge in [-0.2, -0.15) is 0 Å². The van der Waals surface area contributed by atoms with Crippen LogP contribution in [0.1, 0.15) is 20.8 Å². The minimum atomic E-state index is -0.238. The number of morpholine rings is 1. The van der Waals surface area contributed by atoms with Crippen LogP contribution in [0.4, 0.5) is 0 Å².